The highest BCUT2D eigenvalue weighted by Gasteiger charge is 2.30. The second-order valence-electron chi connectivity index (χ2n) is 6.19. The van der Waals surface area contributed by atoms with Gasteiger partial charge in [-0.2, -0.15) is 0 Å². The van der Waals surface area contributed by atoms with Crippen LogP contribution in [0.5, 0.6) is 34.5 Å². The summed E-state index contributed by atoms with van der Waals surface area (Å²) in [7, 11) is 0. The van der Waals surface area contributed by atoms with E-state index < -0.39 is 12.0 Å². The third-order valence-corrected chi connectivity index (χ3v) is 4.28. The Kier molecular flexibility index (Phi) is 4.70. The topological polar surface area (TPSA) is 142 Å². The highest BCUT2D eigenvalue weighted by atomic mass is 16.3. The van der Waals surface area contributed by atoms with Gasteiger partial charge in [-0.3, -0.25) is 0 Å². The van der Waals surface area contributed by atoms with Crippen LogP contribution in [0.1, 0.15) is 28.7 Å². The van der Waals surface area contributed by atoms with E-state index in [1.165, 1.54) is 36.4 Å². The molecule has 27 heavy (non-hydrogen) atoms. The van der Waals surface area contributed by atoms with E-state index in [2.05, 4.69) is 0 Å². The molecular weight excluding hydrogens is 352 g/mol. The number of aliphatic hydroxyl groups excluding tert-OH is 1. The molecule has 0 aliphatic carbocycles. The highest BCUT2D eigenvalue weighted by molar-refractivity contribution is 5.52. The summed E-state index contributed by atoms with van der Waals surface area (Å²) in [5, 5.41) is 70.0. The molecule has 0 saturated heterocycles. The fourth-order valence-corrected chi connectivity index (χ4v) is 3.08. The van der Waals surface area contributed by atoms with Gasteiger partial charge in [0.25, 0.3) is 0 Å². The van der Waals surface area contributed by atoms with Crippen LogP contribution in [-0.4, -0.2) is 35.7 Å². The molecule has 3 rings (SSSR count). The molecule has 0 fully saturated rings. The van der Waals surface area contributed by atoms with E-state index in [-0.39, 0.29) is 51.2 Å². The Labute approximate surface area is 154 Å². The average Bonchev–Trinajstić information content (AvgIpc) is 2.57. The number of aromatic hydroxyl groups is 6. The summed E-state index contributed by atoms with van der Waals surface area (Å²) in [6.07, 6.45) is -1.39. The van der Waals surface area contributed by atoms with Gasteiger partial charge in [-0.15, -0.1) is 0 Å². The number of benzene rings is 3. The lowest BCUT2D eigenvalue weighted by Gasteiger charge is -2.26. The molecule has 7 N–H and O–H groups in total. The van der Waals surface area contributed by atoms with Gasteiger partial charge in [-0.05, 0) is 29.8 Å². The molecule has 7 heteroatoms. The maximum atomic E-state index is 11.0. The Morgan fingerprint density at radius 1 is 0.519 bits per heavy atom. The number of phenolic OH excluding ortho intramolecular Hbond substituents is 6. The van der Waals surface area contributed by atoms with Crippen molar-refractivity contribution >= 4 is 0 Å². The molecule has 0 bridgehead atoms. The Hall–Kier alpha value is -3.58. The van der Waals surface area contributed by atoms with Crippen molar-refractivity contribution in [1.29, 1.82) is 0 Å². The molecule has 0 radical (unpaired) electrons. The van der Waals surface area contributed by atoms with Crippen molar-refractivity contribution in [3.63, 3.8) is 0 Å². The molecule has 0 saturated carbocycles. The lowest BCUT2D eigenvalue weighted by molar-refractivity contribution is 0.155. The Morgan fingerprint density at radius 2 is 0.963 bits per heavy atom. The first-order valence-electron chi connectivity index (χ1n) is 8.01. The zero-order valence-electron chi connectivity index (χ0n) is 14.0. The average molecular weight is 370 g/mol. The van der Waals surface area contributed by atoms with E-state index in [1.807, 2.05) is 0 Å². The molecule has 0 aliphatic rings. The van der Waals surface area contributed by atoms with Gasteiger partial charge in [-0.1, -0.05) is 12.1 Å². The van der Waals surface area contributed by atoms with Crippen molar-refractivity contribution in [3.05, 3.63) is 71.3 Å². The molecule has 0 spiro atoms. The summed E-state index contributed by atoms with van der Waals surface area (Å²) in [6.45, 7) is 0. The Bertz CT molecular complexity index is 912. The zero-order valence-corrected chi connectivity index (χ0v) is 14.0. The first kappa shape index (κ1) is 18.2. The molecule has 140 valence electrons. The van der Waals surface area contributed by atoms with Gasteiger partial charge in [0.2, 0.25) is 0 Å². The lowest BCUT2D eigenvalue weighted by atomic mass is 9.82. The predicted molar refractivity (Wildman–Crippen MR) is 96.1 cm³/mol. The maximum Gasteiger partial charge on any atom is 0.123 e. The van der Waals surface area contributed by atoms with E-state index in [4.69, 9.17) is 0 Å². The molecule has 0 aromatic heterocycles. The van der Waals surface area contributed by atoms with Gasteiger partial charge in [0.15, 0.2) is 0 Å². The van der Waals surface area contributed by atoms with Crippen molar-refractivity contribution in [3.8, 4) is 34.5 Å². The lowest BCUT2D eigenvalue weighted by Crippen LogP contribution is -2.13. The predicted octanol–water partition coefficient (Wildman–Crippen LogP) is 2.79. The molecule has 3 aromatic carbocycles. The van der Waals surface area contributed by atoms with Crippen LogP contribution in [-0.2, 0) is 0 Å². The second-order valence-corrected chi connectivity index (χ2v) is 6.19. The first-order valence-corrected chi connectivity index (χ1v) is 8.01. The fraction of sp³-hybridized carbons (Fsp3) is 0.100. The van der Waals surface area contributed by atoms with Crippen LogP contribution in [0.4, 0.5) is 0 Å². The summed E-state index contributed by atoms with van der Waals surface area (Å²) in [5.41, 5.74) is 0.505. The molecule has 3 aromatic rings. The van der Waals surface area contributed by atoms with Crippen LogP contribution < -0.4 is 0 Å². The Balaban J connectivity index is 2.20. The highest BCUT2D eigenvalue weighted by Crippen LogP contribution is 2.45. The van der Waals surface area contributed by atoms with Gasteiger partial charge >= 0.3 is 0 Å². The molecule has 1 atom stereocenters. The van der Waals surface area contributed by atoms with Crippen molar-refractivity contribution in [2.24, 2.45) is 0 Å². The van der Waals surface area contributed by atoms with Gasteiger partial charge in [0, 0.05) is 35.2 Å². The number of hydrogen-bond donors (Lipinski definition) is 7. The van der Waals surface area contributed by atoms with E-state index in [9.17, 15) is 35.7 Å². The summed E-state index contributed by atoms with van der Waals surface area (Å²) in [4.78, 5) is 0. The first-order chi connectivity index (χ1) is 12.8. The maximum absolute atomic E-state index is 11.0. The van der Waals surface area contributed by atoms with Crippen molar-refractivity contribution in [2.45, 2.75) is 12.0 Å². The molecule has 1 unspecified atom stereocenters. The quantitative estimate of drug-likeness (QED) is 0.374. The smallest absolute Gasteiger partial charge is 0.123 e. The minimum Gasteiger partial charge on any atom is -0.508 e. The van der Waals surface area contributed by atoms with Crippen LogP contribution in [0.25, 0.3) is 0 Å². The van der Waals surface area contributed by atoms with Crippen LogP contribution in [0.15, 0.2) is 54.6 Å². The van der Waals surface area contributed by atoms with Crippen molar-refractivity contribution in [2.75, 3.05) is 0 Å². The van der Waals surface area contributed by atoms with E-state index in [1.54, 1.807) is 0 Å². The minimum atomic E-state index is -1.39. The SMILES string of the molecule is Oc1cc(O)cc(C(O)C(c2ccc(O)cc2O)c2ccc(O)cc2O)c1. The van der Waals surface area contributed by atoms with Gasteiger partial charge in [0.05, 0.1) is 6.10 Å². The third kappa shape index (κ3) is 3.68. The van der Waals surface area contributed by atoms with Crippen molar-refractivity contribution < 1.29 is 35.7 Å². The van der Waals surface area contributed by atoms with E-state index in [0.29, 0.717) is 0 Å². The second kappa shape index (κ2) is 6.97. The van der Waals surface area contributed by atoms with Crippen molar-refractivity contribution in [1.82, 2.24) is 0 Å². The largest absolute Gasteiger partial charge is 0.508 e. The molecule has 0 amide bonds. The summed E-state index contributed by atoms with van der Waals surface area (Å²) < 4.78 is 0. The molecule has 0 heterocycles. The van der Waals surface area contributed by atoms with E-state index >= 15 is 0 Å². The summed E-state index contributed by atoms with van der Waals surface area (Å²) in [6, 6.07) is 11.2. The molecular formula is C20H18O7. The normalized spacial score (nSPS) is 12.2. The van der Waals surface area contributed by atoms with Gasteiger partial charge < -0.3 is 35.7 Å². The van der Waals surface area contributed by atoms with Crippen LogP contribution in [0.3, 0.4) is 0 Å². The standard InChI is InChI=1S/C20H18O7/c21-11-1-3-15(17(25)8-11)19(16-4-2-12(22)9-18(16)26)20(27)10-5-13(23)7-14(24)6-10/h1-9,19-27H. The third-order valence-electron chi connectivity index (χ3n) is 4.28. The number of hydrogen-bond acceptors (Lipinski definition) is 7. The van der Waals surface area contributed by atoms with Gasteiger partial charge in [0.1, 0.15) is 34.5 Å². The van der Waals surface area contributed by atoms with E-state index in [0.717, 1.165) is 18.2 Å². The molecule has 0 aliphatic heterocycles. The minimum absolute atomic E-state index is 0.137. The van der Waals surface area contributed by atoms with Crippen LogP contribution >= 0.6 is 0 Å². The Morgan fingerprint density at radius 3 is 1.37 bits per heavy atom. The van der Waals surface area contributed by atoms with Crippen LogP contribution in [0, 0.1) is 0 Å². The van der Waals surface area contributed by atoms with Crippen LogP contribution in [0.2, 0.25) is 0 Å². The molecule has 7 nitrogen and oxygen atoms in total. The number of rotatable bonds is 4. The number of phenols is 6. The fourth-order valence-electron chi connectivity index (χ4n) is 3.08. The monoisotopic (exact) mass is 370 g/mol. The van der Waals surface area contributed by atoms with Gasteiger partial charge in [-0.25, -0.2) is 0 Å². The summed E-state index contributed by atoms with van der Waals surface area (Å²) in [5.74, 6) is -2.59. The zero-order chi connectivity index (χ0) is 19.7. The summed E-state index contributed by atoms with van der Waals surface area (Å²) >= 11 is 0. The number of aliphatic hydroxyl groups is 1.